The second-order valence-electron chi connectivity index (χ2n) is 6.99. The maximum atomic E-state index is 9.28. The van der Waals surface area contributed by atoms with Crippen LogP contribution in [0.25, 0.3) is 0 Å². The smallest absolute Gasteiger partial charge is 0.213 e. The molecule has 0 unspecified atom stereocenters. The number of benzene rings is 1. The number of rotatable bonds is 6. The predicted octanol–water partition coefficient (Wildman–Crippen LogP) is 3.59. The molecule has 0 bridgehead atoms. The lowest BCUT2D eigenvalue weighted by molar-refractivity contribution is 0.379. The van der Waals surface area contributed by atoms with Crippen LogP contribution in [0.15, 0.2) is 39.9 Å². The molecule has 2 aromatic rings. The highest BCUT2D eigenvalue weighted by Gasteiger charge is 2.19. The molecule has 0 aliphatic carbocycles. The summed E-state index contributed by atoms with van der Waals surface area (Å²) in [6.07, 6.45) is 3.70. The molecule has 0 fully saturated rings. The highest BCUT2D eigenvalue weighted by Crippen LogP contribution is 2.22. The predicted molar refractivity (Wildman–Crippen MR) is 115 cm³/mol. The Labute approximate surface area is 172 Å². The van der Waals surface area contributed by atoms with Crippen LogP contribution in [0, 0.1) is 0 Å². The van der Waals surface area contributed by atoms with E-state index < -0.39 is 0 Å². The second kappa shape index (κ2) is 10.4. The largest absolute Gasteiger partial charge is 0.508 e. The molecule has 0 aliphatic rings. The van der Waals surface area contributed by atoms with Gasteiger partial charge in [-0.2, -0.15) is 0 Å². The molecule has 0 saturated carbocycles. The summed E-state index contributed by atoms with van der Waals surface area (Å²) in [5.41, 5.74) is 1.16. The zero-order valence-electron chi connectivity index (χ0n) is 15.9. The normalized spacial score (nSPS) is 11.8. The van der Waals surface area contributed by atoms with Crippen molar-refractivity contribution in [3.63, 3.8) is 0 Å². The molecule has 0 saturated heterocycles. The molecule has 26 heavy (non-hydrogen) atoms. The van der Waals surface area contributed by atoms with Crippen molar-refractivity contribution in [2.75, 3.05) is 13.6 Å². The van der Waals surface area contributed by atoms with E-state index in [0.29, 0.717) is 18.2 Å². The number of aryl methyl sites for hydroxylation is 1. The van der Waals surface area contributed by atoms with Crippen molar-refractivity contribution in [2.45, 2.75) is 45.6 Å². The van der Waals surface area contributed by atoms with Gasteiger partial charge in [0.05, 0.1) is 12.7 Å². The summed E-state index contributed by atoms with van der Waals surface area (Å²) in [4.78, 5) is 8.51. The SMILES string of the molecule is CN=C(NCCCc1ccc(O)cc1)NCc1ncc(C(C)(C)C)o1.I. The summed E-state index contributed by atoms with van der Waals surface area (Å²) in [6.45, 7) is 7.59. The minimum absolute atomic E-state index is 0. The molecule has 1 aromatic carbocycles. The maximum absolute atomic E-state index is 9.28. The Bertz CT molecular complexity index is 690. The van der Waals surface area contributed by atoms with Crippen LogP contribution in [-0.4, -0.2) is 29.6 Å². The van der Waals surface area contributed by atoms with Crippen molar-refractivity contribution < 1.29 is 9.52 Å². The number of halogens is 1. The summed E-state index contributed by atoms with van der Waals surface area (Å²) in [7, 11) is 1.74. The lowest BCUT2D eigenvalue weighted by atomic mass is 9.94. The van der Waals surface area contributed by atoms with Crippen LogP contribution >= 0.6 is 24.0 Å². The molecular formula is C19H29IN4O2. The number of nitrogens with one attached hydrogen (secondary N) is 2. The van der Waals surface area contributed by atoms with Crippen molar-refractivity contribution in [3.05, 3.63) is 47.7 Å². The van der Waals surface area contributed by atoms with Gasteiger partial charge in [-0.05, 0) is 30.5 Å². The van der Waals surface area contributed by atoms with Crippen LogP contribution in [0.1, 0.15) is 44.4 Å². The van der Waals surface area contributed by atoms with Crippen LogP contribution in [0.2, 0.25) is 0 Å². The van der Waals surface area contributed by atoms with Gasteiger partial charge < -0.3 is 20.2 Å². The van der Waals surface area contributed by atoms with Gasteiger partial charge in [-0.3, -0.25) is 4.99 Å². The molecule has 0 radical (unpaired) electrons. The number of aromatic hydroxyl groups is 1. The van der Waals surface area contributed by atoms with E-state index in [1.165, 1.54) is 5.56 Å². The number of aliphatic imine (C=N–C) groups is 1. The molecule has 0 atom stereocenters. The van der Waals surface area contributed by atoms with E-state index in [0.717, 1.165) is 31.1 Å². The van der Waals surface area contributed by atoms with Gasteiger partial charge >= 0.3 is 0 Å². The van der Waals surface area contributed by atoms with Gasteiger partial charge in [0.25, 0.3) is 0 Å². The highest BCUT2D eigenvalue weighted by atomic mass is 127. The molecule has 3 N–H and O–H groups in total. The van der Waals surface area contributed by atoms with Crippen LogP contribution in [-0.2, 0) is 18.4 Å². The van der Waals surface area contributed by atoms with E-state index in [-0.39, 0.29) is 29.4 Å². The van der Waals surface area contributed by atoms with Gasteiger partial charge in [0.15, 0.2) is 5.96 Å². The van der Waals surface area contributed by atoms with Crippen molar-refractivity contribution in [2.24, 2.45) is 4.99 Å². The van der Waals surface area contributed by atoms with Crippen LogP contribution in [0.5, 0.6) is 5.75 Å². The number of aromatic nitrogens is 1. The average Bonchev–Trinajstić information content (AvgIpc) is 3.05. The van der Waals surface area contributed by atoms with Crippen LogP contribution < -0.4 is 10.6 Å². The zero-order valence-corrected chi connectivity index (χ0v) is 18.2. The van der Waals surface area contributed by atoms with E-state index in [1.54, 1.807) is 25.4 Å². The van der Waals surface area contributed by atoms with E-state index >= 15 is 0 Å². The Balaban J connectivity index is 0.00000338. The minimum Gasteiger partial charge on any atom is -0.508 e. The Morgan fingerprint density at radius 3 is 2.46 bits per heavy atom. The number of oxazole rings is 1. The van der Waals surface area contributed by atoms with Crippen LogP contribution in [0.3, 0.4) is 0 Å². The van der Waals surface area contributed by atoms with E-state index in [4.69, 9.17) is 4.42 Å². The average molecular weight is 472 g/mol. The Morgan fingerprint density at radius 2 is 1.88 bits per heavy atom. The van der Waals surface area contributed by atoms with Crippen molar-refractivity contribution in [1.82, 2.24) is 15.6 Å². The first-order valence-corrected chi connectivity index (χ1v) is 8.56. The fourth-order valence-electron chi connectivity index (χ4n) is 2.28. The van der Waals surface area contributed by atoms with Gasteiger partial charge in [0.1, 0.15) is 11.5 Å². The highest BCUT2D eigenvalue weighted by molar-refractivity contribution is 14.0. The topological polar surface area (TPSA) is 82.7 Å². The third kappa shape index (κ3) is 7.23. The van der Waals surface area contributed by atoms with Gasteiger partial charge in [-0.1, -0.05) is 32.9 Å². The van der Waals surface area contributed by atoms with Crippen LogP contribution in [0.4, 0.5) is 0 Å². The summed E-state index contributed by atoms with van der Waals surface area (Å²) in [6, 6.07) is 7.31. The molecule has 0 aliphatic heterocycles. The molecule has 1 aromatic heterocycles. The maximum Gasteiger partial charge on any atom is 0.213 e. The molecule has 2 rings (SSSR count). The Hall–Kier alpha value is -1.77. The first-order chi connectivity index (χ1) is 11.9. The van der Waals surface area contributed by atoms with Crippen molar-refractivity contribution in [3.8, 4) is 5.75 Å². The molecule has 1 heterocycles. The lowest BCUT2D eigenvalue weighted by Crippen LogP contribution is -2.37. The molecule has 6 nitrogen and oxygen atoms in total. The number of nitrogens with zero attached hydrogens (tertiary/aromatic N) is 2. The third-order valence-electron chi connectivity index (χ3n) is 3.79. The fraction of sp³-hybridized carbons (Fsp3) is 0.474. The monoisotopic (exact) mass is 472 g/mol. The van der Waals surface area contributed by atoms with Gasteiger partial charge in [0, 0.05) is 19.0 Å². The minimum atomic E-state index is -0.0423. The molecular weight excluding hydrogens is 443 g/mol. The van der Waals surface area contributed by atoms with Crippen molar-refractivity contribution in [1.29, 1.82) is 0 Å². The number of phenols is 1. The quantitative estimate of drug-likeness (QED) is 0.259. The van der Waals surface area contributed by atoms with E-state index in [1.807, 2.05) is 12.1 Å². The second-order valence-corrected chi connectivity index (χ2v) is 6.99. The summed E-state index contributed by atoms with van der Waals surface area (Å²) < 4.78 is 5.76. The number of hydrogen-bond donors (Lipinski definition) is 3. The van der Waals surface area contributed by atoms with Crippen molar-refractivity contribution >= 4 is 29.9 Å². The summed E-state index contributed by atoms with van der Waals surface area (Å²) in [5.74, 6) is 2.55. The fourth-order valence-corrected chi connectivity index (χ4v) is 2.28. The van der Waals surface area contributed by atoms with E-state index in [2.05, 4.69) is 41.4 Å². The molecule has 0 amide bonds. The number of hydrogen-bond acceptors (Lipinski definition) is 4. The number of guanidine groups is 1. The standard InChI is InChI=1S/C19H28N4O2.HI/c1-19(2,3)16-12-22-17(25-16)13-23-18(20-4)21-11-5-6-14-7-9-15(24)10-8-14;/h7-10,12,24H,5-6,11,13H2,1-4H3,(H2,20,21,23);1H. The van der Waals surface area contributed by atoms with Gasteiger partial charge in [-0.25, -0.2) is 4.98 Å². The third-order valence-corrected chi connectivity index (χ3v) is 3.79. The first-order valence-electron chi connectivity index (χ1n) is 8.56. The van der Waals surface area contributed by atoms with E-state index in [9.17, 15) is 5.11 Å². The molecule has 7 heteroatoms. The zero-order chi connectivity index (χ0) is 18.3. The Morgan fingerprint density at radius 1 is 1.19 bits per heavy atom. The van der Waals surface area contributed by atoms with Gasteiger partial charge in [-0.15, -0.1) is 24.0 Å². The lowest BCUT2D eigenvalue weighted by Gasteiger charge is -2.13. The Kier molecular flexibility index (Phi) is 8.91. The molecule has 0 spiro atoms. The first kappa shape index (κ1) is 22.3. The number of phenolic OH excluding ortho intramolecular Hbond substituents is 1. The summed E-state index contributed by atoms with van der Waals surface area (Å²) in [5, 5.41) is 15.8. The molecule has 144 valence electrons. The summed E-state index contributed by atoms with van der Waals surface area (Å²) >= 11 is 0. The van der Waals surface area contributed by atoms with Gasteiger partial charge in [0.2, 0.25) is 5.89 Å².